The second kappa shape index (κ2) is 8.66. The van der Waals surface area contributed by atoms with Gasteiger partial charge in [-0.15, -0.1) is 0 Å². The standard InChI is InChI=1S/C19H15N5O.C2H4O2/c20-19(25)12-5-7-14(8-6-12)22-18-11-21-10-17(24-18)16-9-13-3-1-2-4-15(13)23-16;1-2(3)4/h1-11,23H,(H2,20,25)(H,22,24);1H3,(H,3,4). The van der Waals surface area contributed by atoms with Gasteiger partial charge in [0, 0.05) is 29.1 Å². The second-order valence-electron chi connectivity index (χ2n) is 6.15. The van der Waals surface area contributed by atoms with Crippen molar-refractivity contribution in [3.63, 3.8) is 0 Å². The first-order valence-corrected chi connectivity index (χ1v) is 8.69. The van der Waals surface area contributed by atoms with Gasteiger partial charge in [-0.3, -0.25) is 14.6 Å². The van der Waals surface area contributed by atoms with Gasteiger partial charge in [-0.25, -0.2) is 4.98 Å². The number of rotatable bonds is 4. The van der Waals surface area contributed by atoms with E-state index in [2.05, 4.69) is 20.3 Å². The molecule has 4 aromatic rings. The van der Waals surface area contributed by atoms with Crippen LogP contribution in [0.4, 0.5) is 11.5 Å². The molecule has 0 aliphatic carbocycles. The Hall–Kier alpha value is -4.20. The Morgan fingerprint density at radius 2 is 1.76 bits per heavy atom. The molecule has 0 unspecified atom stereocenters. The lowest BCUT2D eigenvalue weighted by Crippen LogP contribution is -2.10. The van der Waals surface area contributed by atoms with Crippen LogP contribution in [0.25, 0.3) is 22.3 Å². The number of H-pyrrole nitrogens is 1. The number of carboxylic acids is 1. The number of anilines is 2. The molecule has 0 spiro atoms. The average molecular weight is 389 g/mol. The van der Waals surface area contributed by atoms with Crippen LogP contribution < -0.4 is 11.1 Å². The molecule has 2 aromatic heterocycles. The summed E-state index contributed by atoms with van der Waals surface area (Å²) in [5, 5.41) is 11.7. The number of para-hydroxylation sites is 1. The summed E-state index contributed by atoms with van der Waals surface area (Å²) in [5.74, 6) is -0.671. The number of amides is 1. The first kappa shape index (κ1) is 19.6. The Morgan fingerprint density at radius 1 is 1.07 bits per heavy atom. The van der Waals surface area contributed by atoms with Gasteiger partial charge in [-0.2, -0.15) is 0 Å². The maximum Gasteiger partial charge on any atom is 0.300 e. The van der Waals surface area contributed by atoms with Gasteiger partial charge in [0.05, 0.1) is 18.1 Å². The summed E-state index contributed by atoms with van der Waals surface area (Å²) in [7, 11) is 0. The van der Waals surface area contributed by atoms with Crippen molar-refractivity contribution in [2.45, 2.75) is 6.92 Å². The molecule has 0 aliphatic rings. The Morgan fingerprint density at radius 3 is 2.41 bits per heavy atom. The third-order valence-electron chi connectivity index (χ3n) is 3.88. The van der Waals surface area contributed by atoms with Crippen molar-refractivity contribution in [2.24, 2.45) is 5.73 Å². The zero-order valence-corrected chi connectivity index (χ0v) is 15.6. The highest BCUT2D eigenvalue weighted by Crippen LogP contribution is 2.23. The van der Waals surface area contributed by atoms with E-state index in [-0.39, 0.29) is 0 Å². The van der Waals surface area contributed by atoms with Crippen molar-refractivity contribution < 1.29 is 14.7 Å². The maximum atomic E-state index is 11.1. The number of aromatic amines is 1. The number of carbonyl (C=O) groups is 2. The van der Waals surface area contributed by atoms with Crippen LogP contribution in [0.5, 0.6) is 0 Å². The van der Waals surface area contributed by atoms with E-state index in [0.29, 0.717) is 11.4 Å². The first-order valence-electron chi connectivity index (χ1n) is 8.69. The number of fused-ring (bicyclic) bond motifs is 1. The topological polar surface area (TPSA) is 134 Å². The number of aromatic nitrogens is 3. The summed E-state index contributed by atoms with van der Waals surface area (Å²) in [6, 6.07) is 17.0. The van der Waals surface area contributed by atoms with Crippen molar-refractivity contribution in [2.75, 3.05) is 5.32 Å². The molecule has 0 bridgehead atoms. The Bertz CT molecular complexity index is 1120. The lowest BCUT2D eigenvalue weighted by atomic mass is 10.2. The van der Waals surface area contributed by atoms with Crippen LogP contribution in [0, 0.1) is 0 Å². The molecule has 0 saturated carbocycles. The van der Waals surface area contributed by atoms with Crippen LogP contribution in [0.15, 0.2) is 67.0 Å². The number of carboxylic acid groups (broad SMARTS) is 1. The molecule has 0 aliphatic heterocycles. The molecular formula is C21H19N5O3. The minimum absolute atomic E-state index is 0.452. The summed E-state index contributed by atoms with van der Waals surface area (Å²) < 4.78 is 0. The third kappa shape index (κ3) is 5.16. The highest BCUT2D eigenvalue weighted by molar-refractivity contribution is 5.93. The fourth-order valence-corrected chi connectivity index (χ4v) is 2.63. The Labute approximate surface area is 166 Å². The van der Waals surface area contributed by atoms with Gasteiger partial charge in [0.25, 0.3) is 5.97 Å². The van der Waals surface area contributed by atoms with Gasteiger partial charge < -0.3 is 21.1 Å². The van der Waals surface area contributed by atoms with E-state index in [1.165, 1.54) is 0 Å². The number of benzene rings is 2. The Balaban J connectivity index is 0.000000552. The van der Waals surface area contributed by atoms with Crippen molar-refractivity contribution >= 4 is 34.3 Å². The minimum Gasteiger partial charge on any atom is -0.481 e. The number of hydrogen-bond acceptors (Lipinski definition) is 5. The lowest BCUT2D eigenvalue weighted by Gasteiger charge is -2.07. The van der Waals surface area contributed by atoms with Crippen LogP contribution >= 0.6 is 0 Å². The van der Waals surface area contributed by atoms with Crippen LogP contribution in [0.2, 0.25) is 0 Å². The van der Waals surface area contributed by atoms with E-state index in [0.717, 1.165) is 34.9 Å². The average Bonchev–Trinajstić information content (AvgIpc) is 3.12. The highest BCUT2D eigenvalue weighted by Gasteiger charge is 2.07. The van der Waals surface area contributed by atoms with Crippen LogP contribution in [-0.4, -0.2) is 31.9 Å². The zero-order chi connectivity index (χ0) is 20.8. The summed E-state index contributed by atoms with van der Waals surface area (Å²) in [6.45, 7) is 1.08. The number of aliphatic carboxylic acids is 1. The number of nitrogens with one attached hydrogen (secondary N) is 2. The monoisotopic (exact) mass is 389 g/mol. The van der Waals surface area contributed by atoms with Crippen molar-refractivity contribution in [1.29, 1.82) is 0 Å². The second-order valence-corrected chi connectivity index (χ2v) is 6.15. The van der Waals surface area contributed by atoms with Crippen molar-refractivity contribution in [1.82, 2.24) is 15.0 Å². The predicted octanol–water partition coefficient (Wildman–Crippen LogP) is 3.56. The molecule has 29 heavy (non-hydrogen) atoms. The third-order valence-corrected chi connectivity index (χ3v) is 3.88. The summed E-state index contributed by atoms with van der Waals surface area (Å²) in [6.07, 6.45) is 3.36. The fourth-order valence-electron chi connectivity index (χ4n) is 2.63. The van der Waals surface area contributed by atoms with E-state index in [4.69, 9.17) is 15.6 Å². The number of primary amides is 1. The van der Waals surface area contributed by atoms with Gasteiger partial charge >= 0.3 is 0 Å². The van der Waals surface area contributed by atoms with Crippen LogP contribution in [0.1, 0.15) is 17.3 Å². The van der Waals surface area contributed by atoms with E-state index in [9.17, 15) is 4.79 Å². The van der Waals surface area contributed by atoms with Crippen molar-refractivity contribution in [3.05, 3.63) is 72.6 Å². The molecular weight excluding hydrogens is 370 g/mol. The molecule has 2 aromatic carbocycles. The van der Waals surface area contributed by atoms with Gasteiger partial charge in [-0.1, -0.05) is 18.2 Å². The summed E-state index contributed by atoms with van der Waals surface area (Å²) in [4.78, 5) is 32.3. The fraction of sp³-hybridized carbons (Fsp3) is 0.0476. The molecule has 0 saturated heterocycles. The lowest BCUT2D eigenvalue weighted by molar-refractivity contribution is -0.134. The van der Waals surface area contributed by atoms with Crippen molar-refractivity contribution in [3.8, 4) is 11.4 Å². The molecule has 4 rings (SSSR count). The van der Waals surface area contributed by atoms with Gasteiger partial charge in [-0.05, 0) is 36.4 Å². The predicted molar refractivity (Wildman–Crippen MR) is 111 cm³/mol. The molecule has 1 amide bonds. The number of nitrogens with zero attached hydrogens (tertiary/aromatic N) is 2. The number of hydrogen-bond donors (Lipinski definition) is 4. The molecule has 8 heteroatoms. The first-order chi connectivity index (χ1) is 13.9. The van der Waals surface area contributed by atoms with Gasteiger partial charge in [0.15, 0.2) is 0 Å². The van der Waals surface area contributed by atoms with Gasteiger partial charge in [0.1, 0.15) is 11.5 Å². The van der Waals surface area contributed by atoms with Crippen LogP contribution in [0.3, 0.4) is 0 Å². The zero-order valence-electron chi connectivity index (χ0n) is 15.6. The van der Waals surface area contributed by atoms with Gasteiger partial charge in [0.2, 0.25) is 5.91 Å². The maximum absolute atomic E-state index is 11.1. The molecule has 8 nitrogen and oxygen atoms in total. The minimum atomic E-state index is -0.833. The molecule has 2 heterocycles. The highest BCUT2D eigenvalue weighted by atomic mass is 16.4. The SMILES string of the molecule is CC(=O)O.NC(=O)c1ccc(Nc2cncc(-c3cc4ccccc4[nH]3)n2)cc1. The normalized spacial score (nSPS) is 10.1. The van der Waals surface area contributed by atoms with E-state index < -0.39 is 11.9 Å². The van der Waals surface area contributed by atoms with Crippen LogP contribution in [-0.2, 0) is 4.79 Å². The Kier molecular flexibility index (Phi) is 5.84. The number of carbonyl (C=O) groups excluding carboxylic acids is 1. The largest absolute Gasteiger partial charge is 0.481 e. The molecule has 0 fully saturated rings. The summed E-state index contributed by atoms with van der Waals surface area (Å²) >= 11 is 0. The van der Waals surface area contributed by atoms with E-state index >= 15 is 0 Å². The van der Waals surface area contributed by atoms with E-state index in [1.807, 2.05) is 30.3 Å². The molecule has 5 N–H and O–H groups in total. The smallest absolute Gasteiger partial charge is 0.300 e. The molecule has 0 radical (unpaired) electrons. The van der Waals surface area contributed by atoms with E-state index in [1.54, 1.807) is 36.7 Å². The molecule has 146 valence electrons. The number of nitrogens with two attached hydrogens (primary N) is 1. The summed E-state index contributed by atoms with van der Waals surface area (Å²) in [5.41, 5.74) is 9.21. The quantitative estimate of drug-likeness (QED) is 0.422. The molecule has 0 atom stereocenters.